The Kier molecular flexibility index (Phi) is 7.31. The number of nitrogens with zero attached hydrogens (tertiary/aromatic N) is 3. The molecular weight excluding hydrogens is 534 g/mol. The quantitative estimate of drug-likeness (QED) is 0.499. The Labute approximate surface area is 235 Å². The first-order valence-electron chi connectivity index (χ1n) is 13.0. The van der Waals surface area contributed by atoms with Gasteiger partial charge in [-0.1, -0.05) is 29.3 Å². The SMILES string of the molecule is CC1=C(C(=O)N2CCN(C)CC2)C(C)=C(/C=C2\C(=O)Cc3ccc(S(=O)(=O)N(C)c4cccc(Cl)c4)cc32)C1. The second-order valence-electron chi connectivity index (χ2n) is 10.5. The van der Waals surface area contributed by atoms with Crippen molar-refractivity contribution in [1.29, 1.82) is 0 Å². The van der Waals surface area contributed by atoms with E-state index in [-0.39, 0.29) is 23.0 Å². The van der Waals surface area contributed by atoms with E-state index in [0.29, 0.717) is 41.4 Å². The highest BCUT2D eigenvalue weighted by Crippen LogP contribution is 2.39. The molecule has 0 aromatic heterocycles. The third-order valence-corrected chi connectivity index (χ3v) is 9.93. The van der Waals surface area contributed by atoms with Crippen LogP contribution < -0.4 is 4.31 Å². The maximum Gasteiger partial charge on any atom is 0.264 e. The molecule has 3 aliphatic rings. The lowest BCUT2D eigenvalue weighted by Crippen LogP contribution is -2.47. The molecule has 7 nitrogen and oxygen atoms in total. The van der Waals surface area contributed by atoms with Gasteiger partial charge >= 0.3 is 0 Å². The number of piperazine rings is 1. The van der Waals surface area contributed by atoms with Crippen molar-refractivity contribution in [2.75, 3.05) is 44.6 Å². The monoisotopic (exact) mass is 565 g/mol. The van der Waals surface area contributed by atoms with Crippen molar-refractivity contribution in [3.63, 3.8) is 0 Å². The number of carbonyl (C=O) groups excluding carboxylic acids is 2. The van der Waals surface area contributed by atoms with Crippen LogP contribution in [-0.2, 0) is 26.0 Å². The number of rotatable bonds is 5. The Morgan fingerprint density at radius 3 is 2.44 bits per heavy atom. The predicted molar refractivity (Wildman–Crippen MR) is 154 cm³/mol. The highest BCUT2D eigenvalue weighted by Gasteiger charge is 2.32. The minimum Gasteiger partial charge on any atom is -0.336 e. The summed E-state index contributed by atoms with van der Waals surface area (Å²) in [6.45, 7) is 7.00. The first-order valence-corrected chi connectivity index (χ1v) is 14.8. The number of halogens is 1. The number of hydrogen-bond donors (Lipinski definition) is 0. The smallest absolute Gasteiger partial charge is 0.264 e. The summed E-state index contributed by atoms with van der Waals surface area (Å²) < 4.78 is 28.1. The Bertz CT molecular complexity index is 1580. The second-order valence-corrected chi connectivity index (χ2v) is 12.9. The Balaban J connectivity index is 1.46. The number of fused-ring (bicyclic) bond motifs is 1. The van der Waals surface area contributed by atoms with Crippen molar-refractivity contribution in [1.82, 2.24) is 9.80 Å². The summed E-state index contributed by atoms with van der Waals surface area (Å²) in [5.41, 5.74) is 5.89. The summed E-state index contributed by atoms with van der Waals surface area (Å²) in [6, 6.07) is 11.5. The van der Waals surface area contributed by atoms with Gasteiger partial charge in [0.2, 0.25) is 0 Å². The van der Waals surface area contributed by atoms with Crippen LogP contribution in [0.2, 0.25) is 5.02 Å². The fourth-order valence-corrected chi connectivity index (χ4v) is 6.90. The number of likely N-dealkylation sites (N-methyl/N-ethyl adjacent to an activating group) is 1. The van der Waals surface area contributed by atoms with Gasteiger partial charge in [0, 0.05) is 55.8 Å². The molecule has 2 aliphatic carbocycles. The molecule has 1 fully saturated rings. The van der Waals surface area contributed by atoms with Crippen LogP contribution in [0.3, 0.4) is 0 Å². The van der Waals surface area contributed by atoms with E-state index in [4.69, 9.17) is 11.6 Å². The molecule has 0 atom stereocenters. The average molecular weight is 566 g/mol. The number of allylic oxidation sites excluding steroid dienone is 4. The summed E-state index contributed by atoms with van der Waals surface area (Å²) in [5, 5.41) is 0.439. The number of ketones is 1. The summed E-state index contributed by atoms with van der Waals surface area (Å²) in [5.74, 6) is -0.0124. The van der Waals surface area contributed by atoms with Crippen molar-refractivity contribution in [2.24, 2.45) is 0 Å². The molecular formula is C30H32ClN3O4S. The number of hydrogen-bond acceptors (Lipinski definition) is 5. The van der Waals surface area contributed by atoms with E-state index in [1.54, 1.807) is 42.5 Å². The molecule has 0 unspecified atom stereocenters. The molecule has 0 radical (unpaired) electrons. The number of benzene rings is 2. The maximum absolute atomic E-state index is 13.5. The van der Waals surface area contributed by atoms with Gasteiger partial charge in [-0.15, -0.1) is 0 Å². The number of amides is 1. The van der Waals surface area contributed by atoms with Crippen LogP contribution in [0.1, 0.15) is 31.4 Å². The fraction of sp³-hybridized carbons (Fsp3) is 0.333. The largest absolute Gasteiger partial charge is 0.336 e. The third kappa shape index (κ3) is 5.09. The third-order valence-electron chi connectivity index (χ3n) is 7.92. The molecule has 5 rings (SSSR count). The first kappa shape index (κ1) is 27.4. The van der Waals surface area contributed by atoms with Gasteiger partial charge in [0.1, 0.15) is 0 Å². The van der Waals surface area contributed by atoms with Crippen LogP contribution in [0, 0.1) is 0 Å². The number of sulfonamides is 1. The molecule has 39 heavy (non-hydrogen) atoms. The first-order chi connectivity index (χ1) is 18.5. The van der Waals surface area contributed by atoms with E-state index in [0.717, 1.165) is 40.9 Å². The van der Waals surface area contributed by atoms with E-state index in [9.17, 15) is 18.0 Å². The van der Waals surface area contributed by atoms with Gasteiger partial charge in [-0.3, -0.25) is 13.9 Å². The lowest BCUT2D eigenvalue weighted by molar-refractivity contribution is -0.128. The zero-order chi connectivity index (χ0) is 28.1. The fourth-order valence-electron chi connectivity index (χ4n) is 5.50. The lowest BCUT2D eigenvalue weighted by atomic mass is 10.0. The van der Waals surface area contributed by atoms with Crippen LogP contribution in [0.4, 0.5) is 5.69 Å². The highest BCUT2D eigenvalue weighted by molar-refractivity contribution is 7.92. The topological polar surface area (TPSA) is 78.0 Å². The summed E-state index contributed by atoms with van der Waals surface area (Å²) in [6.07, 6.45) is 2.66. The molecule has 0 saturated carbocycles. The van der Waals surface area contributed by atoms with Crippen molar-refractivity contribution < 1.29 is 18.0 Å². The standard InChI is InChI=1S/C30H32ClN3O4S/c1-19-14-22(20(2)29(19)30(36)34-12-10-32(3)11-13-34)15-27-26-18-25(9-8-21(26)16-28(27)35)39(37,38)33(4)24-7-5-6-23(31)17-24/h5-9,15,17-18H,10-14,16H2,1-4H3/b27-15-. The van der Waals surface area contributed by atoms with Gasteiger partial charge in [-0.25, -0.2) is 8.42 Å². The summed E-state index contributed by atoms with van der Waals surface area (Å²) in [7, 11) is -0.355. The molecule has 1 heterocycles. The van der Waals surface area contributed by atoms with E-state index >= 15 is 0 Å². The van der Waals surface area contributed by atoms with Crippen LogP contribution >= 0.6 is 11.6 Å². The van der Waals surface area contributed by atoms with Crippen molar-refractivity contribution >= 4 is 44.6 Å². The van der Waals surface area contributed by atoms with Crippen molar-refractivity contribution in [2.45, 2.75) is 31.6 Å². The minimum atomic E-state index is -3.89. The molecule has 1 aliphatic heterocycles. The molecule has 204 valence electrons. The molecule has 0 N–H and O–H groups in total. The van der Waals surface area contributed by atoms with Gasteiger partial charge in [0.25, 0.3) is 15.9 Å². The van der Waals surface area contributed by atoms with Crippen molar-refractivity contribution in [3.8, 4) is 0 Å². The van der Waals surface area contributed by atoms with Crippen LogP contribution in [0.5, 0.6) is 0 Å². The van der Waals surface area contributed by atoms with Crippen LogP contribution in [-0.4, -0.2) is 70.2 Å². The molecule has 2 aromatic carbocycles. The zero-order valence-electron chi connectivity index (χ0n) is 22.6. The van der Waals surface area contributed by atoms with E-state index in [1.165, 1.54) is 11.4 Å². The van der Waals surface area contributed by atoms with E-state index in [2.05, 4.69) is 11.9 Å². The Morgan fingerprint density at radius 2 is 1.74 bits per heavy atom. The number of Topliss-reactive ketones (excluding diaryl/α,β-unsaturated/α-hetero) is 1. The van der Waals surface area contributed by atoms with Crippen molar-refractivity contribution in [3.05, 3.63) is 87.0 Å². The number of carbonyl (C=O) groups is 2. The molecule has 9 heteroatoms. The second kappa shape index (κ2) is 10.4. The average Bonchev–Trinajstić information content (AvgIpc) is 3.37. The van der Waals surface area contributed by atoms with Gasteiger partial charge < -0.3 is 9.80 Å². The molecule has 1 saturated heterocycles. The molecule has 2 aromatic rings. The van der Waals surface area contributed by atoms with Gasteiger partial charge in [0.15, 0.2) is 5.78 Å². The van der Waals surface area contributed by atoms with E-state index in [1.807, 2.05) is 24.8 Å². The highest BCUT2D eigenvalue weighted by atomic mass is 35.5. The molecule has 1 amide bonds. The summed E-state index contributed by atoms with van der Waals surface area (Å²) >= 11 is 6.08. The zero-order valence-corrected chi connectivity index (χ0v) is 24.2. The van der Waals surface area contributed by atoms with Crippen LogP contribution in [0.25, 0.3) is 5.57 Å². The lowest BCUT2D eigenvalue weighted by Gasteiger charge is -2.33. The minimum absolute atomic E-state index is 0.0436. The van der Waals surface area contributed by atoms with Gasteiger partial charge in [0.05, 0.1) is 10.6 Å². The van der Waals surface area contributed by atoms with Gasteiger partial charge in [-0.2, -0.15) is 0 Å². The normalized spacial score (nSPS) is 19.4. The predicted octanol–water partition coefficient (Wildman–Crippen LogP) is 4.48. The van der Waals surface area contributed by atoms with Crippen LogP contribution in [0.15, 0.2) is 75.7 Å². The Morgan fingerprint density at radius 1 is 1.03 bits per heavy atom. The summed E-state index contributed by atoms with van der Waals surface area (Å²) in [4.78, 5) is 30.7. The maximum atomic E-state index is 13.5. The Hall–Kier alpha value is -3.20. The number of anilines is 1. The van der Waals surface area contributed by atoms with Gasteiger partial charge in [-0.05, 0) is 86.0 Å². The molecule has 0 spiro atoms. The van der Waals surface area contributed by atoms with E-state index < -0.39 is 10.0 Å². The molecule has 0 bridgehead atoms.